The van der Waals surface area contributed by atoms with Gasteiger partial charge >= 0.3 is 6.18 Å². The van der Waals surface area contributed by atoms with Crippen molar-refractivity contribution < 1.29 is 13.2 Å². The third kappa shape index (κ3) is 4.19. The van der Waals surface area contributed by atoms with Gasteiger partial charge in [-0.1, -0.05) is 0 Å². The van der Waals surface area contributed by atoms with E-state index in [4.69, 9.17) is 15.8 Å². The van der Waals surface area contributed by atoms with Gasteiger partial charge in [-0.05, 0) is 24.6 Å². The van der Waals surface area contributed by atoms with Crippen molar-refractivity contribution in [2.75, 3.05) is 5.75 Å². The second-order valence-electron chi connectivity index (χ2n) is 3.77. The van der Waals surface area contributed by atoms with Crippen LogP contribution in [0.1, 0.15) is 17.5 Å². The Morgan fingerprint density at radius 1 is 1.15 bits per heavy atom. The van der Waals surface area contributed by atoms with Gasteiger partial charge in [-0.15, -0.1) is 11.8 Å². The molecule has 1 rings (SSSR count). The molecule has 3 nitrogen and oxygen atoms in total. The summed E-state index contributed by atoms with van der Waals surface area (Å²) in [6.45, 7) is 0. The second kappa shape index (κ2) is 6.84. The lowest BCUT2D eigenvalue weighted by atomic mass is 10.1. The molecule has 0 amide bonds. The standard InChI is InChI=1S/C13H8F3N3S/c14-13(15,16)11-2-1-10(8-19)12(5-11)20-4-3-9(6-17)7-18/h1-2,5,9H,3-4H2. The zero-order chi connectivity index (χ0) is 15.2. The first-order valence-electron chi connectivity index (χ1n) is 5.45. The fourth-order valence-electron chi connectivity index (χ4n) is 1.36. The van der Waals surface area contributed by atoms with Crippen molar-refractivity contribution >= 4 is 11.8 Å². The number of thioether (sulfide) groups is 1. The van der Waals surface area contributed by atoms with E-state index >= 15 is 0 Å². The van der Waals surface area contributed by atoms with Crippen molar-refractivity contribution in [2.45, 2.75) is 17.5 Å². The Bertz CT molecular complexity index is 591. The first-order valence-corrected chi connectivity index (χ1v) is 6.44. The molecule has 0 aliphatic rings. The molecular formula is C13H8F3N3S. The zero-order valence-electron chi connectivity index (χ0n) is 10.1. The number of halogens is 3. The fourth-order valence-corrected chi connectivity index (χ4v) is 2.41. The van der Waals surface area contributed by atoms with E-state index in [0.29, 0.717) is 5.75 Å². The smallest absolute Gasteiger partial charge is 0.197 e. The Morgan fingerprint density at radius 3 is 2.30 bits per heavy atom. The van der Waals surface area contributed by atoms with Crippen LogP contribution in [0.3, 0.4) is 0 Å². The van der Waals surface area contributed by atoms with Gasteiger partial charge in [-0.2, -0.15) is 29.0 Å². The van der Waals surface area contributed by atoms with Crippen molar-refractivity contribution in [3.63, 3.8) is 0 Å². The molecule has 7 heteroatoms. The van der Waals surface area contributed by atoms with Crippen LogP contribution in [0.2, 0.25) is 0 Å². The number of hydrogen-bond donors (Lipinski definition) is 0. The molecule has 0 heterocycles. The van der Waals surface area contributed by atoms with Gasteiger partial charge in [0.1, 0.15) is 12.0 Å². The molecule has 1 aromatic rings. The van der Waals surface area contributed by atoms with Crippen molar-refractivity contribution in [1.82, 2.24) is 0 Å². The maximum Gasteiger partial charge on any atom is 0.416 e. The highest BCUT2D eigenvalue weighted by atomic mass is 32.2. The van der Waals surface area contributed by atoms with E-state index < -0.39 is 17.7 Å². The molecule has 0 aliphatic heterocycles. The molecule has 0 fully saturated rings. The van der Waals surface area contributed by atoms with Crippen LogP contribution in [0.5, 0.6) is 0 Å². The average molecular weight is 295 g/mol. The summed E-state index contributed by atoms with van der Waals surface area (Å²) in [4.78, 5) is 0.206. The predicted octanol–water partition coefficient (Wildman–Crippen LogP) is 3.72. The molecular weight excluding hydrogens is 287 g/mol. The summed E-state index contributed by atoms with van der Waals surface area (Å²) in [6, 6.07) is 8.28. The van der Waals surface area contributed by atoms with E-state index in [-0.39, 0.29) is 16.9 Å². The summed E-state index contributed by atoms with van der Waals surface area (Å²) in [7, 11) is 0. The van der Waals surface area contributed by atoms with E-state index in [1.807, 2.05) is 6.07 Å². The lowest BCUT2D eigenvalue weighted by molar-refractivity contribution is -0.137. The number of benzene rings is 1. The molecule has 0 spiro atoms. The van der Waals surface area contributed by atoms with Gasteiger partial charge in [0.2, 0.25) is 0 Å². The van der Waals surface area contributed by atoms with Gasteiger partial charge in [0.15, 0.2) is 0 Å². The maximum absolute atomic E-state index is 12.6. The summed E-state index contributed by atoms with van der Waals surface area (Å²) in [5.74, 6) is -0.499. The molecule has 0 atom stereocenters. The highest BCUT2D eigenvalue weighted by molar-refractivity contribution is 7.99. The third-order valence-electron chi connectivity index (χ3n) is 2.41. The molecule has 0 saturated heterocycles. The summed E-state index contributed by atoms with van der Waals surface area (Å²) in [6.07, 6.45) is -4.23. The highest BCUT2D eigenvalue weighted by Crippen LogP contribution is 2.33. The van der Waals surface area contributed by atoms with Crippen LogP contribution in [-0.4, -0.2) is 5.75 Å². The SMILES string of the molecule is N#Cc1ccc(C(F)(F)F)cc1SCCC(C#N)C#N. The molecule has 1 aromatic carbocycles. The predicted molar refractivity (Wildman–Crippen MR) is 66.2 cm³/mol. The van der Waals surface area contributed by atoms with E-state index in [9.17, 15) is 13.2 Å². The molecule has 102 valence electrons. The van der Waals surface area contributed by atoms with Gasteiger partial charge in [-0.25, -0.2) is 0 Å². The topological polar surface area (TPSA) is 71.4 Å². The molecule has 0 aliphatic carbocycles. The van der Waals surface area contributed by atoms with Gasteiger partial charge in [-0.3, -0.25) is 0 Å². The summed E-state index contributed by atoms with van der Waals surface area (Å²) < 4.78 is 37.8. The van der Waals surface area contributed by atoms with E-state index in [1.165, 1.54) is 0 Å². The largest absolute Gasteiger partial charge is 0.416 e. The number of nitrogens with zero attached hydrogens (tertiary/aromatic N) is 3. The van der Waals surface area contributed by atoms with Crippen molar-refractivity contribution in [3.8, 4) is 18.2 Å². The fraction of sp³-hybridized carbons (Fsp3) is 0.308. The molecule has 20 heavy (non-hydrogen) atoms. The molecule has 0 N–H and O–H groups in total. The van der Waals surface area contributed by atoms with E-state index in [1.54, 1.807) is 12.1 Å². The van der Waals surface area contributed by atoms with Gasteiger partial charge < -0.3 is 0 Å². The number of rotatable bonds is 4. The van der Waals surface area contributed by atoms with Crippen LogP contribution in [0.4, 0.5) is 13.2 Å². The Hall–Kier alpha value is -2.17. The molecule has 0 radical (unpaired) electrons. The summed E-state index contributed by atoms with van der Waals surface area (Å²) >= 11 is 1.04. The Morgan fingerprint density at radius 2 is 1.80 bits per heavy atom. The van der Waals surface area contributed by atoms with Crippen LogP contribution >= 0.6 is 11.8 Å². The zero-order valence-corrected chi connectivity index (χ0v) is 10.9. The van der Waals surface area contributed by atoms with Crippen LogP contribution in [0.15, 0.2) is 23.1 Å². The van der Waals surface area contributed by atoms with Gasteiger partial charge in [0, 0.05) is 10.6 Å². The van der Waals surface area contributed by atoms with Crippen LogP contribution in [0.25, 0.3) is 0 Å². The van der Waals surface area contributed by atoms with Gasteiger partial charge in [0.25, 0.3) is 0 Å². The Balaban J connectivity index is 2.86. The number of hydrogen-bond acceptors (Lipinski definition) is 4. The van der Waals surface area contributed by atoms with Crippen LogP contribution in [0, 0.1) is 39.9 Å². The second-order valence-corrected chi connectivity index (χ2v) is 4.91. The van der Waals surface area contributed by atoms with Crippen LogP contribution < -0.4 is 0 Å². The van der Waals surface area contributed by atoms with Gasteiger partial charge in [0.05, 0.1) is 23.3 Å². The quantitative estimate of drug-likeness (QED) is 0.793. The lowest BCUT2D eigenvalue weighted by Crippen LogP contribution is -2.05. The van der Waals surface area contributed by atoms with E-state index in [2.05, 4.69) is 0 Å². The Kier molecular flexibility index (Phi) is 5.43. The van der Waals surface area contributed by atoms with E-state index in [0.717, 1.165) is 30.0 Å². The summed E-state index contributed by atoms with van der Waals surface area (Å²) in [5, 5.41) is 26.0. The minimum absolute atomic E-state index is 0.147. The molecule has 0 bridgehead atoms. The average Bonchev–Trinajstić information content (AvgIpc) is 2.42. The minimum atomic E-state index is -4.47. The normalized spacial score (nSPS) is 10.7. The third-order valence-corrected chi connectivity index (χ3v) is 3.49. The lowest BCUT2D eigenvalue weighted by Gasteiger charge is -2.10. The Labute approximate surface area is 118 Å². The monoisotopic (exact) mass is 295 g/mol. The maximum atomic E-state index is 12.6. The van der Waals surface area contributed by atoms with Crippen molar-refractivity contribution in [3.05, 3.63) is 29.3 Å². The highest BCUT2D eigenvalue weighted by Gasteiger charge is 2.31. The minimum Gasteiger partial charge on any atom is -0.197 e. The first-order chi connectivity index (χ1) is 9.42. The first kappa shape index (κ1) is 15.9. The number of nitriles is 3. The molecule has 0 saturated carbocycles. The molecule has 0 unspecified atom stereocenters. The van der Waals surface area contributed by atoms with Crippen LogP contribution in [-0.2, 0) is 6.18 Å². The molecule has 0 aromatic heterocycles. The number of alkyl halides is 3. The van der Waals surface area contributed by atoms with Crippen molar-refractivity contribution in [1.29, 1.82) is 15.8 Å². The van der Waals surface area contributed by atoms with Crippen molar-refractivity contribution in [2.24, 2.45) is 5.92 Å². The summed E-state index contributed by atoms with van der Waals surface area (Å²) in [5.41, 5.74) is -0.676.